The summed E-state index contributed by atoms with van der Waals surface area (Å²) >= 11 is 0. The second-order valence-corrected chi connectivity index (χ2v) is 12.4. The van der Waals surface area contributed by atoms with Crippen molar-refractivity contribution < 1.29 is 4.52 Å². The fourth-order valence-corrected chi connectivity index (χ4v) is 9.41. The molecule has 0 spiro atoms. The number of hydrogen-bond donors (Lipinski definition) is 0. The van der Waals surface area contributed by atoms with Gasteiger partial charge >= 0.3 is 0 Å². The van der Waals surface area contributed by atoms with Crippen LogP contribution in [0, 0.1) is 13.8 Å². The lowest BCUT2D eigenvalue weighted by Crippen LogP contribution is -2.34. The van der Waals surface area contributed by atoms with Crippen molar-refractivity contribution in [1.82, 2.24) is 4.44 Å². The molecule has 0 heterocycles. The van der Waals surface area contributed by atoms with E-state index < -0.39 is 16.4 Å². The summed E-state index contributed by atoms with van der Waals surface area (Å²) in [5.74, 6) is 0.995. The Morgan fingerprint density at radius 3 is 1.42 bits per heavy atom. The SMILES string of the molecule is Cc1cccc(C)c1OP(c1ccccc1)N(C(C)C)P(c1ccccc1)c1ccccc1. The van der Waals surface area contributed by atoms with Crippen LogP contribution in [0.4, 0.5) is 0 Å². The molecule has 2 nitrogen and oxygen atoms in total. The van der Waals surface area contributed by atoms with Crippen molar-refractivity contribution in [2.24, 2.45) is 0 Å². The van der Waals surface area contributed by atoms with Crippen LogP contribution in [0.5, 0.6) is 5.75 Å². The highest BCUT2D eigenvalue weighted by atomic mass is 31.2. The van der Waals surface area contributed by atoms with Gasteiger partial charge in [-0.3, -0.25) is 0 Å². The van der Waals surface area contributed by atoms with Gasteiger partial charge in [-0.1, -0.05) is 97.1 Å². The van der Waals surface area contributed by atoms with Crippen LogP contribution in [0.1, 0.15) is 25.0 Å². The minimum absolute atomic E-state index is 0.284. The number of benzene rings is 4. The highest BCUT2D eigenvalue weighted by Crippen LogP contribution is 2.57. The van der Waals surface area contributed by atoms with E-state index in [2.05, 4.69) is 141 Å². The lowest BCUT2D eigenvalue weighted by molar-refractivity contribution is 0.505. The van der Waals surface area contributed by atoms with Crippen LogP contribution < -0.4 is 20.4 Å². The Kier molecular flexibility index (Phi) is 7.94. The van der Waals surface area contributed by atoms with Crippen LogP contribution in [0.25, 0.3) is 0 Å². The molecule has 33 heavy (non-hydrogen) atoms. The molecule has 0 bridgehead atoms. The van der Waals surface area contributed by atoms with Gasteiger partial charge in [-0.2, -0.15) is 0 Å². The Morgan fingerprint density at radius 1 is 0.576 bits per heavy atom. The van der Waals surface area contributed by atoms with Gasteiger partial charge in [0.15, 0.2) is 0 Å². The largest absolute Gasteiger partial charge is 0.453 e. The average Bonchev–Trinajstić information content (AvgIpc) is 2.84. The first-order chi connectivity index (χ1) is 16.1. The minimum Gasteiger partial charge on any atom is -0.453 e. The molecule has 0 fully saturated rings. The zero-order chi connectivity index (χ0) is 23.2. The van der Waals surface area contributed by atoms with Gasteiger partial charge in [0.05, 0.1) is 0 Å². The van der Waals surface area contributed by atoms with E-state index in [9.17, 15) is 0 Å². The first kappa shape index (κ1) is 23.7. The summed E-state index contributed by atoms with van der Waals surface area (Å²) in [6.45, 7) is 8.84. The molecule has 4 aromatic rings. The van der Waals surface area contributed by atoms with Crippen LogP contribution in [0.2, 0.25) is 0 Å². The maximum absolute atomic E-state index is 7.02. The highest BCUT2D eigenvalue weighted by molar-refractivity contribution is 7.80. The summed E-state index contributed by atoms with van der Waals surface area (Å²) in [4.78, 5) is 0. The molecule has 4 rings (SSSR count). The Hall–Kier alpha value is -2.50. The summed E-state index contributed by atoms with van der Waals surface area (Å²) in [5, 5.41) is 3.89. The van der Waals surface area contributed by atoms with Gasteiger partial charge in [-0.25, -0.2) is 4.44 Å². The number of para-hydroxylation sites is 1. The number of rotatable bonds is 8. The van der Waals surface area contributed by atoms with Crippen LogP contribution in [0.3, 0.4) is 0 Å². The maximum Gasteiger partial charge on any atom is 0.201 e. The van der Waals surface area contributed by atoms with Crippen molar-refractivity contribution in [2.75, 3.05) is 0 Å². The molecular weight excluding hydrogens is 440 g/mol. The Bertz CT molecular complexity index is 1090. The number of nitrogens with zero attached hydrogens (tertiary/aromatic N) is 1. The van der Waals surface area contributed by atoms with E-state index in [1.165, 1.54) is 27.0 Å². The first-order valence-electron chi connectivity index (χ1n) is 11.3. The molecule has 0 aromatic heterocycles. The predicted molar refractivity (Wildman–Crippen MR) is 146 cm³/mol. The molecule has 0 saturated carbocycles. The average molecular weight is 472 g/mol. The monoisotopic (exact) mass is 471 g/mol. The Morgan fingerprint density at radius 2 is 1.00 bits per heavy atom. The van der Waals surface area contributed by atoms with E-state index in [0.29, 0.717) is 0 Å². The lowest BCUT2D eigenvalue weighted by Gasteiger charge is -2.40. The van der Waals surface area contributed by atoms with Gasteiger partial charge in [0.2, 0.25) is 8.30 Å². The molecule has 0 aliphatic rings. The molecule has 4 heteroatoms. The molecule has 0 aliphatic heterocycles. The zero-order valence-electron chi connectivity index (χ0n) is 19.7. The quantitative estimate of drug-likeness (QED) is 0.255. The second kappa shape index (κ2) is 11.1. The highest BCUT2D eigenvalue weighted by Gasteiger charge is 2.35. The third-order valence-corrected chi connectivity index (χ3v) is 10.8. The summed E-state index contributed by atoms with van der Waals surface area (Å²) in [7, 11) is -1.89. The smallest absolute Gasteiger partial charge is 0.201 e. The van der Waals surface area contributed by atoms with Gasteiger partial charge < -0.3 is 4.52 Å². The Balaban J connectivity index is 1.89. The molecule has 0 amide bonds. The molecule has 1 unspecified atom stereocenters. The molecule has 0 N–H and O–H groups in total. The third kappa shape index (κ3) is 5.53. The molecule has 168 valence electrons. The molecule has 1 atom stereocenters. The van der Waals surface area contributed by atoms with Gasteiger partial charge in [-0.05, 0) is 61.6 Å². The van der Waals surface area contributed by atoms with E-state index in [1.54, 1.807) is 0 Å². The second-order valence-electron chi connectivity index (χ2n) is 8.32. The van der Waals surface area contributed by atoms with Crippen molar-refractivity contribution in [2.45, 2.75) is 33.7 Å². The maximum atomic E-state index is 7.02. The van der Waals surface area contributed by atoms with Crippen LogP contribution in [-0.4, -0.2) is 10.5 Å². The van der Waals surface area contributed by atoms with Gasteiger partial charge in [0.25, 0.3) is 0 Å². The van der Waals surface area contributed by atoms with E-state index >= 15 is 0 Å². The lowest BCUT2D eigenvalue weighted by atomic mass is 10.1. The molecule has 0 aliphatic carbocycles. The van der Waals surface area contributed by atoms with Crippen molar-refractivity contribution in [3.63, 3.8) is 0 Å². The molecule has 4 aromatic carbocycles. The normalized spacial score (nSPS) is 12.3. The van der Waals surface area contributed by atoms with Crippen LogP contribution >= 0.6 is 16.4 Å². The standard InChI is InChI=1S/C29H31NOP2/c1-23(2)30(32(26-17-8-5-9-18-26)27-19-10-6-11-20-27)33(28-21-12-7-13-22-28)31-29-24(3)15-14-16-25(29)4/h5-23H,1-4H3. The summed E-state index contributed by atoms with van der Waals surface area (Å²) in [6.07, 6.45) is 0. The third-order valence-electron chi connectivity index (χ3n) is 5.42. The van der Waals surface area contributed by atoms with Crippen LogP contribution in [-0.2, 0) is 0 Å². The van der Waals surface area contributed by atoms with Gasteiger partial charge in [0, 0.05) is 19.4 Å². The fraction of sp³-hybridized carbons (Fsp3) is 0.172. The summed E-state index contributed by atoms with van der Waals surface area (Å²) < 4.78 is 9.64. The van der Waals surface area contributed by atoms with Crippen molar-refractivity contribution in [1.29, 1.82) is 0 Å². The summed E-state index contributed by atoms with van der Waals surface area (Å²) in [5.41, 5.74) is 2.34. The van der Waals surface area contributed by atoms with E-state index in [4.69, 9.17) is 4.52 Å². The van der Waals surface area contributed by atoms with Gasteiger partial charge in [-0.15, -0.1) is 0 Å². The number of aryl methyl sites for hydroxylation is 2. The van der Waals surface area contributed by atoms with E-state index in [1.807, 2.05) is 0 Å². The molecular formula is C29H31NOP2. The summed E-state index contributed by atoms with van der Waals surface area (Å²) in [6, 6.07) is 39.2. The Labute approximate surface area is 200 Å². The number of hydrogen-bond acceptors (Lipinski definition) is 2. The van der Waals surface area contributed by atoms with Crippen molar-refractivity contribution in [3.8, 4) is 5.75 Å². The van der Waals surface area contributed by atoms with Crippen molar-refractivity contribution in [3.05, 3.63) is 120 Å². The van der Waals surface area contributed by atoms with E-state index in [0.717, 1.165) is 5.75 Å². The fourth-order valence-electron chi connectivity index (χ4n) is 3.84. The molecule has 0 saturated heterocycles. The topological polar surface area (TPSA) is 12.5 Å². The van der Waals surface area contributed by atoms with Crippen LogP contribution in [0.15, 0.2) is 109 Å². The minimum atomic E-state index is -1.09. The first-order valence-corrected chi connectivity index (χ1v) is 13.9. The van der Waals surface area contributed by atoms with Crippen molar-refractivity contribution >= 4 is 32.3 Å². The van der Waals surface area contributed by atoms with E-state index in [-0.39, 0.29) is 6.04 Å². The molecule has 0 radical (unpaired) electrons. The predicted octanol–water partition coefficient (Wildman–Crippen LogP) is 7.08. The zero-order valence-corrected chi connectivity index (χ0v) is 21.5. The van der Waals surface area contributed by atoms with Gasteiger partial charge in [0.1, 0.15) is 5.75 Å².